The Kier molecular flexibility index (Phi) is 4.39. The van der Waals surface area contributed by atoms with Gasteiger partial charge in [0.1, 0.15) is 5.69 Å². The maximum atomic E-state index is 11.9. The lowest BCUT2D eigenvalue weighted by molar-refractivity contribution is -0.118. The van der Waals surface area contributed by atoms with Crippen LogP contribution in [0.25, 0.3) is 11.3 Å². The molecule has 0 aromatic carbocycles. The number of hydrogen-bond acceptors (Lipinski definition) is 5. The lowest BCUT2D eigenvalue weighted by Gasteiger charge is -2.13. The number of nitrogens with one attached hydrogen (secondary N) is 2. The summed E-state index contributed by atoms with van der Waals surface area (Å²) >= 11 is 1.29. The summed E-state index contributed by atoms with van der Waals surface area (Å²) in [6, 6.07) is 1.04. The fraction of sp³-hybridized carbons (Fsp3) is 0.308. The first-order valence-electron chi connectivity index (χ1n) is 6.39. The van der Waals surface area contributed by atoms with Crippen molar-refractivity contribution in [3.8, 4) is 11.3 Å². The molecule has 112 valence electrons. The molecule has 6 N–H and O–H groups in total. The Hall–Kier alpha value is -2.19. The average molecular weight is 307 g/mol. The predicted octanol–water partition coefficient (Wildman–Crippen LogP) is 1.16. The zero-order valence-electron chi connectivity index (χ0n) is 11.7. The quantitative estimate of drug-likeness (QED) is 0.661. The topological polar surface area (TPSA) is 127 Å². The van der Waals surface area contributed by atoms with Gasteiger partial charge in [-0.1, -0.05) is 13.8 Å². The van der Waals surface area contributed by atoms with Gasteiger partial charge in [0.2, 0.25) is 5.91 Å². The summed E-state index contributed by atoms with van der Waals surface area (Å²) in [5, 5.41) is 4.93. The average Bonchev–Trinajstić information content (AvgIpc) is 3.05. The molecule has 2 heterocycles. The minimum absolute atomic E-state index is 0.0484. The number of hydrogen-bond donors (Lipinski definition) is 4. The number of primary amides is 1. The summed E-state index contributed by atoms with van der Waals surface area (Å²) in [5.74, 6) is -0.752. The van der Waals surface area contributed by atoms with Crippen molar-refractivity contribution in [1.29, 1.82) is 0 Å². The Morgan fingerprint density at radius 3 is 2.71 bits per heavy atom. The molecular weight excluding hydrogens is 290 g/mol. The van der Waals surface area contributed by atoms with E-state index in [0.29, 0.717) is 16.5 Å². The molecule has 0 saturated heterocycles. The van der Waals surface area contributed by atoms with Gasteiger partial charge in [-0.2, -0.15) is 0 Å². The summed E-state index contributed by atoms with van der Waals surface area (Å²) in [4.78, 5) is 30.0. The van der Waals surface area contributed by atoms with E-state index in [1.165, 1.54) is 11.3 Å². The summed E-state index contributed by atoms with van der Waals surface area (Å²) in [5.41, 5.74) is 12.6. The predicted molar refractivity (Wildman–Crippen MR) is 81.9 cm³/mol. The maximum Gasteiger partial charge on any atom is 0.265 e. The van der Waals surface area contributed by atoms with Gasteiger partial charge in [0.15, 0.2) is 5.13 Å². The van der Waals surface area contributed by atoms with Gasteiger partial charge in [0.05, 0.1) is 11.7 Å². The van der Waals surface area contributed by atoms with Crippen molar-refractivity contribution in [3.05, 3.63) is 23.3 Å². The second kappa shape index (κ2) is 6.06. The highest BCUT2D eigenvalue weighted by Crippen LogP contribution is 2.25. The van der Waals surface area contributed by atoms with Gasteiger partial charge < -0.3 is 21.8 Å². The highest BCUT2D eigenvalue weighted by atomic mass is 32.1. The van der Waals surface area contributed by atoms with Crippen molar-refractivity contribution in [2.45, 2.75) is 19.9 Å². The number of carbonyl (C=O) groups excluding carboxylic acids is 2. The van der Waals surface area contributed by atoms with Crippen molar-refractivity contribution in [3.63, 3.8) is 0 Å². The van der Waals surface area contributed by atoms with Crippen molar-refractivity contribution in [2.24, 2.45) is 17.4 Å². The van der Waals surface area contributed by atoms with Gasteiger partial charge in [-0.3, -0.25) is 9.59 Å². The first-order chi connectivity index (χ1) is 9.88. The Labute approximate surface area is 125 Å². The molecule has 0 aliphatic heterocycles. The minimum atomic E-state index is -0.578. The number of rotatable bonds is 5. The SMILES string of the molecule is CC(C)C(N)C(=O)Nc1nc(-c2c[nH]c(C(N)=O)c2)cs1. The van der Waals surface area contributed by atoms with Gasteiger partial charge in [-0.25, -0.2) is 4.98 Å². The van der Waals surface area contributed by atoms with Crippen LogP contribution >= 0.6 is 11.3 Å². The third-order valence-electron chi connectivity index (χ3n) is 3.00. The molecule has 1 unspecified atom stereocenters. The highest BCUT2D eigenvalue weighted by Gasteiger charge is 2.18. The first-order valence-corrected chi connectivity index (χ1v) is 7.27. The normalized spacial score (nSPS) is 12.4. The van der Waals surface area contributed by atoms with Crippen LogP contribution in [-0.4, -0.2) is 27.8 Å². The van der Waals surface area contributed by atoms with Crippen LogP contribution in [0.3, 0.4) is 0 Å². The summed E-state index contributed by atoms with van der Waals surface area (Å²) < 4.78 is 0. The van der Waals surface area contributed by atoms with E-state index in [9.17, 15) is 9.59 Å². The number of nitrogens with zero attached hydrogens (tertiary/aromatic N) is 1. The third kappa shape index (κ3) is 3.47. The second-order valence-corrected chi connectivity index (χ2v) is 5.82. The number of amides is 2. The maximum absolute atomic E-state index is 11.9. The Morgan fingerprint density at radius 2 is 2.14 bits per heavy atom. The smallest absolute Gasteiger partial charge is 0.265 e. The molecule has 0 fully saturated rings. The number of aromatic amines is 1. The molecular formula is C13H17N5O2S. The van der Waals surface area contributed by atoms with Crippen molar-refractivity contribution < 1.29 is 9.59 Å². The lowest BCUT2D eigenvalue weighted by atomic mass is 10.1. The van der Waals surface area contributed by atoms with Gasteiger partial charge in [-0.15, -0.1) is 11.3 Å². The molecule has 2 aromatic rings. The van der Waals surface area contributed by atoms with E-state index in [0.717, 1.165) is 5.56 Å². The van der Waals surface area contributed by atoms with Gasteiger partial charge in [-0.05, 0) is 12.0 Å². The molecule has 0 spiro atoms. The summed E-state index contributed by atoms with van der Waals surface area (Å²) in [6.07, 6.45) is 1.64. The second-order valence-electron chi connectivity index (χ2n) is 4.96. The molecule has 2 aromatic heterocycles. The van der Waals surface area contributed by atoms with Crippen LogP contribution in [0.2, 0.25) is 0 Å². The molecule has 0 bridgehead atoms. The number of anilines is 1. The molecule has 7 nitrogen and oxygen atoms in total. The van der Waals surface area contributed by atoms with Gasteiger partial charge >= 0.3 is 0 Å². The van der Waals surface area contributed by atoms with Gasteiger partial charge in [0, 0.05) is 17.1 Å². The molecule has 2 amide bonds. The largest absolute Gasteiger partial charge is 0.364 e. The number of thiazole rings is 1. The third-order valence-corrected chi connectivity index (χ3v) is 3.76. The van der Waals surface area contributed by atoms with Crippen LogP contribution in [0.5, 0.6) is 0 Å². The van der Waals surface area contributed by atoms with Crippen LogP contribution in [-0.2, 0) is 4.79 Å². The van der Waals surface area contributed by atoms with E-state index in [1.807, 2.05) is 13.8 Å². The molecule has 1 atom stereocenters. The van der Waals surface area contributed by atoms with Crippen LogP contribution in [0.15, 0.2) is 17.6 Å². The molecule has 8 heteroatoms. The zero-order chi connectivity index (χ0) is 15.6. The molecule has 0 aliphatic carbocycles. The van der Waals surface area contributed by atoms with E-state index in [-0.39, 0.29) is 11.8 Å². The van der Waals surface area contributed by atoms with E-state index in [4.69, 9.17) is 11.5 Å². The molecule has 21 heavy (non-hydrogen) atoms. The Bertz CT molecular complexity index is 661. The molecule has 0 radical (unpaired) electrons. The van der Waals surface area contributed by atoms with E-state index in [1.54, 1.807) is 17.6 Å². The van der Waals surface area contributed by atoms with Gasteiger partial charge in [0.25, 0.3) is 5.91 Å². The number of aromatic nitrogens is 2. The van der Waals surface area contributed by atoms with Crippen molar-refractivity contribution >= 4 is 28.3 Å². The monoisotopic (exact) mass is 307 g/mol. The van der Waals surface area contributed by atoms with Crippen LogP contribution in [0.4, 0.5) is 5.13 Å². The van der Waals surface area contributed by atoms with Crippen LogP contribution < -0.4 is 16.8 Å². The first kappa shape index (κ1) is 15.2. The van der Waals surface area contributed by atoms with E-state index in [2.05, 4.69) is 15.3 Å². The lowest BCUT2D eigenvalue weighted by Crippen LogP contribution is -2.39. The number of H-pyrrole nitrogens is 1. The molecule has 0 saturated carbocycles. The van der Waals surface area contributed by atoms with Crippen molar-refractivity contribution in [1.82, 2.24) is 9.97 Å². The standard InChI is InChI=1S/C13H17N5O2S/c1-6(2)10(14)12(20)18-13-17-9(5-21-13)7-3-8(11(15)19)16-4-7/h3-6,10,16H,14H2,1-2H3,(H2,15,19)(H,17,18,20). The fourth-order valence-corrected chi connectivity index (χ4v) is 2.36. The minimum Gasteiger partial charge on any atom is -0.364 e. The fourth-order valence-electron chi connectivity index (χ4n) is 1.64. The Balaban J connectivity index is 2.10. The number of carbonyl (C=O) groups is 2. The Morgan fingerprint density at radius 1 is 1.43 bits per heavy atom. The van der Waals surface area contributed by atoms with Crippen LogP contribution in [0.1, 0.15) is 24.3 Å². The van der Waals surface area contributed by atoms with Crippen LogP contribution in [0, 0.1) is 5.92 Å². The highest BCUT2D eigenvalue weighted by molar-refractivity contribution is 7.14. The molecule has 2 rings (SSSR count). The zero-order valence-corrected chi connectivity index (χ0v) is 12.5. The summed E-state index contributed by atoms with van der Waals surface area (Å²) in [7, 11) is 0. The van der Waals surface area contributed by atoms with E-state index >= 15 is 0 Å². The van der Waals surface area contributed by atoms with E-state index < -0.39 is 11.9 Å². The van der Waals surface area contributed by atoms with Crippen molar-refractivity contribution in [2.75, 3.05) is 5.32 Å². The molecule has 0 aliphatic rings. The number of nitrogens with two attached hydrogens (primary N) is 2. The summed E-state index contributed by atoms with van der Waals surface area (Å²) in [6.45, 7) is 3.76.